The Kier molecular flexibility index (Phi) is 5.46. The van der Waals surface area contributed by atoms with Gasteiger partial charge in [0.25, 0.3) is 5.69 Å². The van der Waals surface area contributed by atoms with Gasteiger partial charge in [-0.15, -0.1) is 0 Å². The first-order valence-electron chi connectivity index (χ1n) is 3.79. The third-order valence-corrected chi connectivity index (χ3v) is 1.19. The molecule has 15 heavy (non-hydrogen) atoms. The summed E-state index contributed by atoms with van der Waals surface area (Å²) in [7, 11) is -0.611. The Bertz CT molecular complexity index is 380. The van der Waals surface area contributed by atoms with Crippen molar-refractivity contribution in [2.24, 2.45) is 0 Å². The summed E-state index contributed by atoms with van der Waals surface area (Å²) in [4.78, 5) is 9.38. The van der Waals surface area contributed by atoms with Crippen LogP contribution in [0.3, 0.4) is 0 Å². The Morgan fingerprint density at radius 3 is 2.27 bits per heavy atom. The van der Waals surface area contributed by atoms with Gasteiger partial charge in [-0.1, -0.05) is 0 Å². The maximum Gasteiger partial charge on any atom is 0.272 e. The fourth-order valence-electron chi connectivity index (χ4n) is 0.630. The zero-order chi connectivity index (χ0) is 12.0. The topological polar surface area (TPSA) is 86.2 Å². The van der Waals surface area contributed by atoms with E-state index in [0.29, 0.717) is 0 Å². The predicted octanol–water partition coefficient (Wildman–Crippen LogP) is 1.31. The molecule has 0 aliphatic heterocycles. The lowest BCUT2D eigenvalue weighted by molar-refractivity contribution is -0.385. The quantitative estimate of drug-likeness (QED) is 0.451. The van der Waals surface area contributed by atoms with Crippen molar-refractivity contribution in [3.8, 4) is 0 Å². The van der Waals surface area contributed by atoms with E-state index in [2.05, 4.69) is 0 Å². The van der Waals surface area contributed by atoms with Crippen LogP contribution in [0.5, 0.6) is 0 Å². The van der Waals surface area contributed by atoms with Crippen LogP contribution in [0, 0.1) is 15.9 Å². The van der Waals surface area contributed by atoms with Crippen LogP contribution in [0.1, 0.15) is 0 Å². The van der Waals surface area contributed by atoms with Crippen molar-refractivity contribution in [2.45, 2.75) is 0 Å². The summed E-state index contributed by atoms with van der Waals surface area (Å²) >= 11 is 0. The Morgan fingerprint density at radius 1 is 1.47 bits per heavy atom. The molecule has 2 N–H and O–H groups in total. The molecule has 0 unspecified atom stereocenters. The molecule has 84 valence electrons. The van der Waals surface area contributed by atoms with Gasteiger partial charge in [0.15, 0.2) is 5.82 Å². The summed E-state index contributed by atoms with van der Waals surface area (Å²) in [6.07, 6.45) is 3.28. The number of anilines is 1. The lowest BCUT2D eigenvalue weighted by Crippen LogP contribution is -1.93. The van der Waals surface area contributed by atoms with Crippen molar-refractivity contribution >= 4 is 22.2 Å². The van der Waals surface area contributed by atoms with E-state index in [-0.39, 0.29) is 11.4 Å². The predicted molar refractivity (Wildman–Crippen MR) is 57.5 cm³/mol. The van der Waals surface area contributed by atoms with Gasteiger partial charge >= 0.3 is 0 Å². The van der Waals surface area contributed by atoms with E-state index in [1.54, 1.807) is 12.5 Å². The molecule has 1 rings (SSSR count). The SMILES string of the molecule is CS(C)=O.Nc1ccc([N+](=O)[O-])cc1F. The van der Waals surface area contributed by atoms with Crippen LogP contribution >= 0.6 is 0 Å². The summed E-state index contributed by atoms with van der Waals surface area (Å²) < 4.78 is 22.1. The van der Waals surface area contributed by atoms with Crippen LogP contribution in [-0.4, -0.2) is 21.6 Å². The second-order valence-corrected chi connectivity index (χ2v) is 4.19. The molecular formula is C8H11FN2O3S. The van der Waals surface area contributed by atoms with Crippen LogP contribution < -0.4 is 5.73 Å². The number of halogens is 1. The van der Waals surface area contributed by atoms with Crippen LogP contribution in [0.25, 0.3) is 0 Å². The highest BCUT2D eigenvalue weighted by molar-refractivity contribution is 7.83. The van der Waals surface area contributed by atoms with Gasteiger partial charge < -0.3 is 5.73 Å². The summed E-state index contributed by atoms with van der Waals surface area (Å²) in [6, 6.07) is 3.10. The highest BCUT2D eigenvalue weighted by Crippen LogP contribution is 2.17. The second kappa shape index (κ2) is 6.07. The molecule has 1 aromatic rings. The van der Waals surface area contributed by atoms with Gasteiger partial charge in [0, 0.05) is 29.4 Å². The van der Waals surface area contributed by atoms with E-state index in [9.17, 15) is 18.7 Å². The average Bonchev–Trinajstić information content (AvgIpc) is 2.08. The molecule has 5 nitrogen and oxygen atoms in total. The molecule has 0 aliphatic carbocycles. The van der Waals surface area contributed by atoms with Gasteiger partial charge in [-0.2, -0.15) is 0 Å². The number of nitrogens with zero attached hydrogens (tertiary/aromatic N) is 1. The van der Waals surface area contributed by atoms with Crippen molar-refractivity contribution in [2.75, 3.05) is 18.2 Å². The zero-order valence-electron chi connectivity index (χ0n) is 8.27. The molecule has 0 heterocycles. The molecule has 0 radical (unpaired) electrons. The molecule has 0 fully saturated rings. The highest BCUT2D eigenvalue weighted by atomic mass is 32.2. The first-order chi connectivity index (χ1) is 6.84. The summed E-state index contributed by atoms with van der Waals surface area (Å²) in [5.74, 6) is -0.765. The average molecular weight is 234 g/mol. The minimum atomic E-state index is -0.765. The van der Waals surface area contributed by atoms with Crippen molar-refractivity contribution in [3.05, 3.63) is 34.1 Å². The molecular weight excluding hydrogens is 223 g/mol. The first kappa shape index (κ1) is 13.5. The third kappa shape index (κ3) is 5.74. The second-order valence-electron chi connectivity index (χ2n) is 2.70. The van der Waals surface area contributed by atoms with Crippen LogP contribution in [-0.2, 0) is 10.8 Å². The Morgan fingerprint density at radius 2 is 1.93 bits per heavy atom. The number of nitro groups is 1. The molecule has 0 saturated carbocycles. The van der Waals surface area contributed by atoms with E-state index < -0.39 is 21.5 Å². The number of nitrogen functional groups attached to an aromatic ring is 1. The largest absolute Gasteiger partial charge is 0.396 e. The van der Waals surface area contributed by atoms with Gasteiger partial charge in [-0.25, -0.2) is 4.39 Å². The van der Waals surface area contributed by atoms with E-state index in [0.717, 1.165) is 18.2 Å². The molecule has 0 amide bonds. The van der Waals surface area contributed by atoms with E-state index in [1.807, 2.05) is 0 Å². The van der Waals surface area contributed by atoms with Gasteiger partial charge in [-0.3, -0.25) is 14.3 Å². The number of hydrogen-bond donors (Lipinski definition) is 1. The lowest BCUT2D eigenvalue weighted by atomic mass is 10.3. The van der Waals surface area contributed by atoms with Crippen molar-refractivity contribution < 1.29 is 13.5 Å². The summed E-state index contributed by atoms with van der Waals surface area (Å²) in [6.45, 7) is 0. The lowest BCUT2D eigenvalue weighted by Gasteiger charge is -1.94. The van der Waals surface area contributed by atoms with E-state index >= 15 is 0 Å². The third-order valence-electron chi connectivity index (χ3n) is 1.19. The van der Waals surface area contributed by atoms with Crippen LogP contribution in [0.15, 0.2) is 18.2 Å². The molecule has 0 spiro atoms. The fraction of sp³-hybridized carbons (Fsp3) is 0.250. The van der Waals surface area contributed by atoms with E-state index in [4.69, 9.17) is 5.73 Å². The number of nitrogens with two attached hydrogens (primary N) is 1. The molecule has 7 heteroatoms. The van der Waals surface area contributed by atoms with Gasteiger partial charge in [0.2, 0.25) is 0 Å². The maximum atomic E-state index is 12.5. The van der Waals surface area contributed by atoms with E-state index in [1.165, 1.54) is 0 Å². The Labute approximate surface area is 88.7 Å². The molecule has 0 aliphatic rings. The Balaban J connectivity index is 0.000000423. The summed E-state index contributed by atoms with van der Waals surface area (Å²) in [5.41, 5.74) is 4.71. The number of benzene rings is 1. The smallest absolute Gasteiger partial charge is 0.272 e. The van der Waals surface area contributed by atoms with Crippen molar-refractivity contribution in [1.82, 2.24) is 0 Å². The molecule has 1 aromatic carbocycles. The van der Waals surface area contributed by atoms with Gasteiger partial charge in [-0.05, 0) is 6.07 Å². The van der Waals surface area contributed by atoms with Gasteiger partial charge in [0.05, 0.1) is 16.7 Å². The van der Waals surface area contributed by atoms with Crippen molar-refractivity contribution in [3.63, 3.8) is 0 Å². The number of rotatable bonds is 1. The van der Waals surface area contributed by atoms with Crippen LogP contribution in [0.4, 0.5) is 15.8 Å². The monoisotopic (exact) mass is 234 g/mol. The van der Waals surface area contributed by atoms with Crippen molar-refractivity contribution in [1.29, 1.82) is 0 Å². The number of nitro benzene ring substituents is 1. The van der Waals surface area contributed by atoms with Gasteiger partial charge in [0.1, 0.15) is 0 Å². The molecule has 0 atom stereocenters. The highest BCUT2D eigenvalue weighted by Gasteiger charge is 2.07. The fourth-order valence-corrected chi connectivity index (χ4v) is 0.630. The minimum Gasteiger partial charge on any atom is -0.396 e. The maximum absolute atomic E-state index is 12.5. The van der Waals surface area contributed by atoms with Crippen LogP contribution in [0.2, 0.25) is 0 Å². The standard InChI is InChI=1S/C6H5FN2O2.C2H6OS/c7-5-3-4(9(10)11)1-2-6(5)8;1-4(2)3/h1-3H,8H2;1-2H3. The number of non-ortho nitro benzene ring substituents is 1. The molecule has 0 bridgehead atoms. The summed E-state index contributed by atoms with van der Waals surface area (Å²) in [5, 5.41) is 10.1. The minimum absolute atomic E-state index is 0.0874. The normalized spacial score (nSPS) is 9.33. The Hall–Kier alpha value is -1.50. The molecule has 0 saturated heterocycles. The first-order valence-corrected chi connectivity index (χ1v) is 5.75. The zero-order valence-corrected chi connectivity index (χ0v) is 9.08. The molecule has 0 aromatic heterocycles. The number of hydrogen-bond acceptors (Lipinski definition) is 4.